The number of amides is 1. The van der Waals surface area contributed by atoms with Crippen molar-refractivity contribution in [1.82, 2.24) is 0 Å². The zero-order valence-electron chi connectivity index (χ0n) is 10.9. The first-order chi connectivity index (χ1) is 8.84. The summed E-state index contributed by atoms with van der Waals surface area (Å²) in [6.07, 6.45) is 0.943. The number of hydrogen-bond donors (Lipinski definition) is 4. The summed E-state index contributed by atoms with van der Waals surface area (Å²) < 4.78 is 0. The summed E-state index contributed by atoms with van der Waals surface area (Å²) in [6, 6.07) is 3.84. The maximum absolute atomic E-state index is 12.0. The van der Waals surface area contributed by atoms with Gasteiger partial charge in [0.1, 0.15) is 11.3 Å². The molecular formula is C13H18N2O4. The van der Waals surface area contributed by atoms with Crippen LogP contribution in [0.4, 0.5) is 5.69 Å². The molecule has 0 unspecified atom stereocenters. The van der Waals surface area contributed by atoms with Crippen LogP contribution in [0.15, 0.2) is 18.2 Å². The Hall–Kier alpha value is -2.08. The van der Waals surface area contributed by atoms with Crippen molar-refractivity contribution in [1.29, 1.82) is 0 Å². The minimum Gasteiger partial charge on any atom is -0.507 e. The van der Waals surface area contributed by atoms with Crippen LogP contribution in [-0.4, -0.2) is 27.6 Å². The number of nitrogens with two attached hydrogens (primary N) is 1. The number of carbonyl (C=O) groups excluding carboxylic acids is 1. The molecule has 0 aromatic heterocycles. The molecule has 1 aromatic carbocycles. The Morgan fingerprint density at radius 2 is 1.89 bits per heavy atom. The van der Waals surface area contributed by atoms with Crippen molar-refractivity contribution in [2.75, 3.05) is 5.32 Å². The SMILES string of the molecule is CCC(N)(CC)C(=O)Nc1ccc(O)c(C(=O)O)c1. The normalized spacial score (nSPS) is 11.1. The molecule has 0 bridgehead atoms. The van der Waals surface area contributed by atoms with Gasteiger partial charge in [0.15, 0.2) is 0 Å². The number of nitrogens with one attached hydrogen (secondary N) is 1. The van der Waals surface area contributed by atoms with Crippen LogP contribution in [0.1, 0.15) is 37.0 Å². The van der Waals surface area contributed by atoms with Crippen LogP contribution in [0.2, 0.25) is 0 Å². The van der Waals surface area contributed by atoms with E-state index in [1.807, 2.05) is 13.8 Å². The van der Waals surface area contributed by atoms with Crippen LogP contribution in [0, 0.1) is 0 Å². The second-order valence-electron chi connectivity index (χ2n) is 4.35. The minimum atomic E-state index is -1.27. The number of phenols is 1. The molecule has 0 fully saturated rings. The third-order valence-corrected chi connectivity index (χ3v) is 3.20. The van der Waals surface area contributed by atoms with Crippen molar-refractivity contribution in [3.63, 3.8) is 0 Å². The summed E-state index contributed by atoms with van der Waals surface area (Å²) in [5.74, 6) is -1.99. The standard InChI is InChI=1S/C13H18N2O4/c1-3-13(14,4-2)12(19)15-8-5-6-10(16)9(7-8)11(17)18/h5-7,16H,3-4,14H2,1-2H3,(H,15,19)(H,17,18). The predicted molar refractivity (Wildman–Crippen MR) is 71.2 cm³/mol. The second kappa shape index (κ2) is 5.71. The molecule has 1 aromatic rings. The van der Waals surface area contributed by atoms with Crippen LogP contribution >= 0.6 is 0 Å². The fraction of sp³-hybridized carbons (Fsp3) is 0.385. The first-order valence-electron chi connectivity index (χ1n) is 6.00. The molecule has 0 spiro atoms. The van der Waals surface area contributed by atoms with E-state index >= 15 is 0 Å². The number of carboxylic acid groups (broad SMARTS) is 1. The lowest BCUT2D eigenvalue weighted by Crippen LogP contribution is -2.50. The van der Waals surface area contributed by atoms with Gasteiger partial charge in [-0.3, -0.25) is 4.79 Å². The second-order valence-corrected chi connectivity index (χ2v) is 4.35. The van der Waals surface area contributed by atoms with Gasteiger partial charge < -0.3 is 21.3 Å². The van der Waals surface area contributed by atoms with E-state index in [4.69, 9.17) is 10.8 Å². The molecule has 0 aliphatic carbocycles. The highest BCUT2D eigenvalue weighted by molar-refractivity contribution is 5.99. The molecule has 19 heavy (non-hydrogen) atoms. The highest BCUT2D eigenvalue weighted by Crippen LogP contribution is 2.22. The molecule has 0 saturated carbocycles. The summed E-state index contributed by atoms with van der Waals surface area (Å²) in [4.78, 5) is 22.9. The van der Waals surface area contributed by atoms with Crippen LogP contribution in [0.25, 0.3) is 0 Å². The van der Waals surface area contributed by atoms with E-state index < -0.39 is 11.5 Å². The van der Waals surface area contributed by atoms with Crippen LogP contribution in [0.3, 0.4) is 0 Å². The largest absolute Gasteiger partial charge is 0.507 e. The highest BCUT2D eigenvalue weighted by atomic mass is 16.4. The van der Waals surface area contributed by atoms with Crippen LogP contribution in [-0.2, 0) is 4.79 Å². The molecule has 1 rings (SSSR count). The van der Waals surface area contributed by atoms with Crippen molar-refractivity contribution < 1.29 is 19.8 Å². The predicted octanol–water partition coefficient (Wildman–Crippen LogP) is 1.55. The minimum absolute atomic E-state index is 0.270. The average Bonchev–Trinajstić information content (AvgIpc) is 2.39. The third-order valence-electron chi connectivity index (χ3n) is 3.20. The topological polar surface area (TPSA) is 113 Å². The van der Waals surface area contributed by atoms with E-state index in [-0.39, 0.29) is 22.9 Å². The number of anilines is 1. The number of rotatable bonds is 5. The number of benzene rings is 1. The van der Waals surface area contributed by atoms with Crippen molar-refractivity contribution in [3.05, 3.63) is 23.8 Å². The summed E-state index contributed by atoms with van der Waals surface area (Å²) in [5.41, 5.74) is 4.97. The molecule has 0 atom stereocenters. The molecule has 5 N–H and O–H groups in total. The Labute approximate surface area is 111 Å². The summed E-state index contributed by atoms with van der Waals surface area (Å²) in [7, 11) is 0. The number of aromatic carboxylic acids is 1. The molecule has 0 heterocycles. The quantitative estimate of drug-likeness (QED) is 0.604. The van der Waals surface area contributed by atoms with Crippen LogP contribution < -0.4 is 11.1 Å². The van der Waals surface area contributed by atoms with E-state index in [1.165, 1.54) is 18.2 Å². The first-order valence-corrected chi connectivity index (χ1v) is 6.00. The van der Waals surface area contributed by atoms with Crippen molar-refractivity contribution in [2.45, 2.75) is 32.2 Å². The van der Waals surface area contributed by atoms with Gasteiger partial charge in [-0.2, -0.15) is 0 Å². The average molecular weight is 266 g/mol. The van der Waals surface area contributed by atoms with Gasteiger partial charge >= 0.3 is 5.97 Å². The Kier molecular flexibility index (Phi) is 4.50. The monoisotopic (exact) mass is 266 g/mol. The highest BCUT2D eigenvalue weighted by Gasteiger charge is 2.30. The number of carboxylic acids is 1. The van der Waals surface area contributed by atoms with Gasteiger partial charge in [0.2, 0.25) is 5.91 Å². The molecule has 6 heteroatoms. The summed E-state index contributed by atoms with van der Waals surface area (Å²) >= 11 is 0. The van der Waals surface area contributed by atoms with Crippen molar-refractivity contribution in [2.24, 2.45) is 5.73 Å². The Morgan fingerprint density at radius 1 is 1.32 bits per heavy atom. The lowest BCUT2D eigenvalue weighted by atomic mass is 9.93. The Bertz CT molecular complexity index is 495. The molecule has 0 aliphatic rings. The Morgan fingerprint density at radius 3 is 2.37 bits per heavy atom. The molecule has 0 aliphatic heterocycles. The van der Waals surface area contributed by atoms with Crippen molar-refractivity contribution in [3.8, 4) is 5.75 Å². The van der Waals surface area contributed by atoms with Gasteiger partial charge in [-0.1, -0.05) is 13.8 Å². The lowest BCUT2D eigenvalue weighted by molar-refractivity contribution is -0.121. The van der Waals surface area contributed by atoms with Gasteiger partial charge in [-0.15, -0.1) is 0 Å². The van der Waals surface area contributed by atoms with Gasteiger partial charge in [-0.05, 0) is 31.0 Å². The fourth-order valence-corrected chi connectivity index (χ4v) is 1.61. The zero-order valence-corrected chi connectivity index (χ0v) is 10.9. The van der Waals surface area contributed by atoms with Gasteiger partial charge in [0.05, 0.1) is 5.54 Å². The molecule has 0 radical (unpaired) electrons. The van der Waals surface area contributed by atoms with E-state index in [0.29, 0.717) is 12.8 Å². The fourth-order valence-electron chi connectivity index (χ4n) is 1.61. The zero-order chi connectivity index (χ0) is 14.6. The molecule has 104 valence electrons. The van der Waals surface area contributed by atoms with Gasteiger partial charge in [-0.25, -0.2) is 4.79 Å². The van der Waals surface area contributed by atoms with E-state index in [1.54, 1.807) is 0 Å². The number of carbonyl (C=O) groups is 2. The summed E-state index contributed by atoms with van der Waals surface area (Å²) in [5, 5.41) is 20.8. The molecule has 0 saturated heterocycles. The Balaban J connectivity index is 2.98. The van der Waals surface area contributed by atoms with Gasteiger partial charge in [0, 0.05) is 5.69 Å². The van der Waals surface area contributed by atoms with Crippen molar-refractivity contribution >= 4 is 17.6 Å². The lowest BCUT2D eigenvalue weighted by Gasteiger charge is -2.25. The van der Waals surface area contributed by atoms with E-state index in [9.17, 15) is 14.7 Å². The van der Waals surface area contributed by atoms with E-state index in [2.05, 4.69) is 5.32 Å². The summed E-state index contributed by atoms with van der Waals surface area (Å²) in [6.45, 7) is 3.62. The molecular weight excluding hydrogens is 248 g/mol. The van der Waals surface area contributed by atoms with Crippen LogP contribution in [0.5, 0.6) is 5.75 Å². The van der Waals surface area contributed by atoms with E-state index in [0.717, 1.165) is 0 Å². The maximum Gasteiger partial charge on any atom is 0.339 e. The maximum atomic E-state index is 12.0. The smallest absolute Gasteiger partial charge is 0.339 e. The number of aromatic hydroxyl groups is 1. The first kappa shape index (κ1) is 15.0. The van der Waals surface area contributed by atoms with Gasteiger partial charge in [0.25, 0.3) is 0 Å². The number of hydrogen-bond acceptors (Lipinski definition) is 4. The molecule has 6 nitrogen and oxygen atoms in total. The third kappa shape index (κ3) is 3.23. The molecule has 1 amide bonds.